The zero-order valence-corrected chi connectivity index (χ0v) is 22.3. The average molecular weight is 504 g/mol. The topological polar surface area (TPSA) is 78.4 Å². The first-order valence-corrected chi connectivity index (χ1v) is 12.9. The molecule has 2 amide bonds. The number of anilines is 1. The van der Waals surface area contributed by atoms with Crippen LogP contribution in [-0.4, -0.2) is 64.2 Å². The molecule has 1 aromatic carbocycles. The van der Waals surface area contributed by atoms with Crippen LogP contribution in [0.15, 0.2) is 35.5 Å². The van der Waals surface area contributed by atoms with Crippen molar-refractivity contribution in [2.24, 2.45) is 0 Å². The molecule has 9 heteroatoms. The van der Waals surface area contributed by atoms with E-state index in [0.717, 1.165) is 0 Å². The Morgan fingerprint density at radius 3 is 2.44 bits per heavy atom. The molecule has 2 aromatic rings. The van der Waals surface area contributed by atoms with E-state index in [0.29, 0.717) is 41.3 Å². The van der Waals surface area contributed by atoms with Gasteiger partial charge in [0.2, 0.25) is 5.91 Å². The molecule has 1 aliphatic rings. The molecule has 1 aliphatic heterocycles. The molecule has 0 radical (unpaired) electrons. The van der Waals surface area contributed by atoms with Gasteiger partial charge in [-0.25, -0.2) is 9.97 Å². The van der Waals surface area contributed by atoms with Gasteiger partial charge < -0.3 is 15.1 Å². The van der Waals surface area contributed by atoms with Crippen LogP contribution in [0, 0.1) is 0 Å². The maximum Gasteiger partial charge on any atom is 0.254 e. The van der Waals surface area contributed by atoms with Crippen LogP contribution in [-0.2, 0) is 10.2 Å². The molecule has 1 N–H and O–H groups in total. The number of nitrogens with zero attached hydrogens (tertiary/aromatic N) is 4. The van der Waals surface area contributed by atoms with E-state index < -0.39 is 0 Å². The highest BCUT2D eigenvalue weighted by Crippen LogP contribution is 2.26. The van der Waals surface area contributed by atoms with Gasteiger partial charge in [-0.3, -0.25) is 9.59 Å². The molecule has 2 heterocycles. The van der Waals surface area contributed by atoms with E-state index in [-0.39, 0.29) is 35.1 Å². The van der Waals surface area contributed by atoms with Crippen LogP contribution in [0.4, 0.5) is 5.82 Å². The van der Waals surface area contributed by atoms with Gasteiger partial charge in [0.05, 0.1) is 5.75 Å². The molecule has 0 spiro atoms. The summed E-state index contributed by atoms with van der Waals surface area (Å²) in [4.78, 5) is 38.0. The smallest absolute Gasteiger partial charge is 0.254 e. The molecular weight excluding hydrogens is 470 g/mol. The molecule has 184 valence electrons. The summed E-state index contributed by atoms with van der Waals surface area (Å²) in [5.41, 5.74) is 1.96. The van der Waals surface area contributed by atoms with E-state index in [2.05, 4.69) is 41.0 Å². The number of amides is 2. The van der Waals surface area contributed by atoms with E-state index in [4.69, 9.17) is 11.6 Å². The number of piperazine rings is 1. The Kier molecular flexibility index (Phi) is 8.47. The number of thioether (sulfide) groups is 1. The van der Waals surface area contributed by atoms with E-state index in [9.17, 15) is 9.59 Å². The van der Waals surface area contributed by atoms with Gasteiger partial charge in [-0.15, -0.1) is 0 Å². The maximum absolute atomic E-state index is 13.2. The van der Waals surface area contributed by atoms with Crippen molar-refractivity contribution in [3.8, 4) is 0 Å². The van der Waals surface area contributed by atoms with Crippen molar-refractivity contribution in [3.63, 3.8) is 0 Å². The lowest BCUT2D eigenvalue weighted by atomic mass is 9.86. The zero-order valence-electron chi connectivity index (χ0n) is 20.8. The van der Waals surface area contributed by atoms with Crippen LogP contribution in [0.5, 0.6) is 0 Å². The monoisotopic (exact) mass is 503 g/mol. The summed E-state index contributed by atoms with van der Waals surface area (Å²) in [6.45, 7) is 14.2. The predicted octanol–water partition coefficient (Wildman–Crippen LogP) is 4.40. The standard InChI is InChI=1S/C25H34ClN5O2S/c1-16(2)27-22(32)15-34-24-28-20(26)13-21(29-24)30-11-12-31(17(3)14-30)23(33)18-7-9-19(10-8-18)25(4,5)6/h7-10,13,16-17H,11-12,14-15H2,1-6H3,(H,27,32). The Morgan fingerprint density at radius 1 is 1.18 bits per heavy atom. The van der Waals surface area contributed by atoms with Gasteiger partial charge in [-0.2, -0.15) is 0 Å². The van der Waals surface area contributed by atoms with E-state index >= 15 is 0 Å². The third-order valence-corrected chi connectivity index (χ3v) is 6.69. The fourth-order valence-corrected chi connectivity index (χ4v) is 4.74. The minimum Gasteiger partial charge on any atom is -0.353 e. The first-order valence-electron chi connectivity index (χ1n) is 11.6. The lowest BCUT2D eigenvalue weighted by Gasteiger charge is -2.40. The molecule has 1 unspecified atom stereocenters. The van der Waals surface area contributed by atoms with Crippen molar-refractivity contribution in [2.45, 2.75) is 64.2 Å². The van der Waals surface area contributed by atoms with Crippen molar-refractivity contribution >= 4 is 41.0 Å². The largest absolute Gasteiger partial charge is 0.353 e. The first-order chi connectivity index (χ1) is 15.9. The lowest BCUT2D eigenvalue weighted by Crippen LogP contribution is -2.54. The Bertz CT molecular complexity index is 1020. The van der Waals surface area contributed by atoms with E-state index in [1.807, 2.05) is 49.9 Å². The van der Waals surface area contributed by atoms with Gasteiger partial charge in [0.1, 0.15) is 11.0 Å². The Labute approximate surface area is 211 Å². The second kappa shape index (κ2) is 11.0. The van der Waals surface area contributed by atoms with Crippen LogP contribution in [0.2, 0.25) is 5.15 Å². The maximum atomic E-state index is 13.2. The highest BCUT2D eigenvalue weighted by atomic mass is 35.5. The van der Waals surface area contributed by atoms with Crippen LogP contribution in [0.25, 0.3) is 0 Å². The third-order valence-electron chi connectivity index (χ3n) is 5.65. The Hall–Kier alpha value is -2.32. The molecular formula is C25H34ClN5O2S. The summed E-state index contributed by atoms with van der Waals surface area (Å²) in [5, 5.41) is 3.65. The lowest BCUT2D eigenvalue weighted by molar-refractivity contribution is -0.119. The Morgan fingerprint density at radius 2 is 1.85 bits per heavy atom. The number of hydrogen-bond acceptors (Lipinski definition) is 6. The molecule has 1 fully saturated rings. The van der Waals surface area contributed by atoms with Gasteiger partial charge in [0.25, 0.3) is 5.91 Å². The molecule has 0 aliphatic carbocycles. The average Bonchev–Trinajstić information content (AvgIpc) is 2.76. The van der Waals surface area contributed by atoms with Crippen LogP contribution >= 0.6 is 23.4 Å². The SMILES string of the molecule is CC(C)NC(=O)CSc1nc(Cl)cc(N2CCN(C(=O)c3ccc(C(C)(C)C)cc3)C(C)C2)n1. The Balaban J connectivity index is 1.65. The minimum atomic E-state index is -0.0681. The molecule has 1 atom stereocenters. The predicted molar refractivity (Wildman–Crippen MR) is 139 cm³/mol. The number of halogens is 1. The number of aromatic nitrogens is 2. The minimum absolute atomic E-state index is 0.00482. The van der Waals surface area contributed by atoms with Crippen molar-refractivity contribution in [1.82, 2.24) is 20.2 Å². The van der Waals surface area contributed by atoms with Crippen molar-refractivity contribution in [3.05, 3.63) is 46.6 Å². The molecule has 7 nitrogen and oxygen atoms in total. The summed E-state index contributed by atoms with van der Waals surface area (Å²) in [7, 11) is 0. The van der Waals surface area contributed by atoms with Crippen LogP contribution < -0.4 is 10.2 Å². The second-order valence-electron chi connectivity index (χ2n) is 9.96. The molecule has 34 heavy (non-hydrogen) atoms. The highest BCUT2D eigenvalue weighted by Gasteiger charge is 2.29. The van der Waals surface area contributed by atoms with Crippen molar-refractivity contribution in [1.29, 1.82) is 0 Å². The summed E-state index contributed by atoms with van der Waals surface area (Å²) in [5.74, 6) is 0.910. The van der Waals surface area contributed by atoms with Gasteiger partial charge in [0, 0.05) is 43.3 Å². The van der Waals surface area contributed by atoms with Crippen molar-refractivity contribution < 1.29 is 9.59 Å². The quantitative estimate of drug-likeness (QED) is 0.357. The number of hydrogen-bond donors (Lipinski definition) is 1. The normalized spacial score (nSPS) is 16.6. The molecule has 0 saturated carbocycles. The van der Waals surface area contributed by atoms with Crippen LogP contribution in [0.3, 0.4) is 0 Å². The second-order valence-corrected chi connectivity index (χ2v) is 11.3. The number of nitrogens with one attached hydrogen (secondary N) is 1. The molecule has 3 rings (SSSR count). The summed E-state index contributed by atoms with van der Waals surface area (Å²) >= 11 is 7.51. The summed E-state index contributed by atoms with van der Waals surface area (Å²) < 4.78 is 0. The van der Waals surface area contributed by atoms with Gasteiger partial charge in [-0.1, -0.05) is 56.3 Å². The van der Waals surface area contributed by atoms with Gasteiger partial charge >= 0.3 is 0 Å². The fourth-order valence-electron chi connectivity index (χ4n) is 3.85. The number of benzene rings is 1. The third kappa shape index (κ3) is 6.85. The van der Waals surface area contributed by atoms with Gasteiger partial charge in [0.15, 0.2) is 5.16 Å². The van der Waals surface area contributed by atoms with Gasteiger partial charge in [-0.05, 0) is 43.9 Å². The first kappa shape index (κ1) is 26.3. The number of carbonyl (C=O) groups excluding carboxylic acids is 2. The number of carbonyl (C=O) groups is 2. The highest BCUT2D eigenvalue weighted by molar-refractivity contribution is 7.99. The van der Waals surface area contributed by atoms with Crippen LogP contribution in [0.1, 0.15) is 57.5 Å². The number of rotatable bonds is 6. The zero-order chi connectivity index (χ0) is 25.0. The summed E-state index contributed by atoms with van der Waals surface area (Å²) in [6, 6.07) is 9.74. The fraction of sp³-hybridized carbons (Fsp3) is 0.520. The molecule has 1 saturated heterocycles. The molecule has 0 bridgehead atoms. The summed E-state index contributed by atoms with van der Waals surface area (Å²) in [6.07, 6.45) is 0. The van der Waals surface area contributed by atoms with E-state index in [1.165, 1.54) is 17.3 Å². The van der Waals surface area contributed by atoms with E-state index in [1.54, 1.807) is 6.07 Å². The molecule has 1 aromatic heterocycles. The van der Waals surface area contributed by atoms with Crippen molar-refractivity contribution in [2.75, 3.05) is 30.3 Å².